The van der Waals surface area contributed by atoms with Crippen molar-refractivity contribution in [2.24, 2.45) is 0 Å². The Balaban J connectivity index is 1.79. The Kier molecular flexibility index (Phi) is 7.82. The molecule has 0 heterocycles. The smallest absolute Gasteiger partial charge is 0.247 e. The first-order chi connectivity index (χ1) is 15.1. The van der Waals surface area contributed by atoms with Gasteiger partial charge in [-0.25, -0.2) is 0 Å². The van der Waals surface area contributed by atoms with Crippen LogP contribution in [0.4, 0.5) is 0 Å². The monoisotopic (exact) mass is 416 g/mol. The molecule has 31 heavy (non-hydrogen) atoms. The van der Waals surface area contributed by atoms with Crippen LogP contribution in [0.1, 0.15) is 29.7 Å². The predicted octanol–water partition coefficient (Wildman–Crippen LogP) is 4.14. The summed E-state index contributed by atoms with van der Waals surface area (Å²) in [6, 6.07) is 26.2. The maximum Gasteiger partial charge on any atom is 0.247 e. The molecule has 0 aliphatic heterocycles. The Morgan fingerprint density at radius 2 is 1.48 bits per heavy atom. The summed E-state index contributed by atoms with van der Waals surface area (Å²) in [5.41, 5.74) is 2.86. The predicted molar refractivity (Wildman–Crippen MR) is 122 cm³/mol. The molecule has 0 spiro atoms. The number of rotatable bonds is 9. The van der Waals surface area contributed by atoms with E-state index < -0.39 is 6.04 Å². The van der Waals surface area contributed by atoms with Gasteiger partial charge in [0.1, 0.15) is 11.8 Å². The summed E-state index contributed by atoms with van der Waals surface area (Å²) < 4.78 is 5.21. The molecule has 0 aliphatic carbocycles. The van der Waals surface area contributed by atoms with E-state index in [-0.39, 0.29) is 11.8 Å². The third-order valence-electron chi connectivity index (χ3n) is 5.15. The normalized spacial score (nSPS) is 11.4. The van der Waals surface area contributed by atoms with Gasteiger partial charge in [0.05, 0.1) is 7.11 Å². The first-order valence-electron chi connectivity index (χ1n) is 10.3. The number of benzene rings is 3. The van der Waals surface area contributed by atoms with Crippen LogP contribution in [0.5, 0.6) is 5.75 Å². The van der Waals surface area contributed by atoms with E-state index in [4.69, 9.17) is 4.74 Å². The number of nitrogens with zero attached hydrogens (tertiary/aromatic N) is 1. The van der Waals surface area contributed by atoms with E-state index in [1.165, 1.54) is 6.92 Å². The first kappa shape index (κ1) is 22.1. The number of methoxy groups -OCH3 is 1. The molecule has 1 N–H and O–H groups in total. The van der Waals surface area contributed by atoms with Gasteiger partial charge in [-0.15, -0.1) is 0 Å². The second-order valence-electron chi connectivity index (χ2n) is 7.33. The van der Waals surface area contributed by atoms with Gasteiger partial charge >= 0.3 is 0 Å². The molecule has 0 fully saturated rings. The standard InChI is InChI=1S/C26H28N2O3/c1-20(29)28(19-22-13-15-24(31-2)16-14-22)25(23-11-7-4-8-12-23)26(30)27-18-17-21-9-5-3-6-10-21/h3-16,25H,17-19H2,1-2H3,(H,27,30). The molecule has 1 atom stereocenters. The van der Waals surface area contributed by atoms with E-state index in [2.05, 4.69) is 5.32 Å². The van der Waals surface area contributed by atoms with Gasteiger partial charge in [-0.1, -0.05) is 72.8 Å². The summed E-state index contributed by atoms with van der Waals surface area (Å²) in [6.07, 6.45) is 0.729. The number of ether oxygens (including phenoxy) is 1. The van der Waals surface area contributed by atoms with Crippen molar-refractivity contribution in [1.29, 1.82) is 0 Å². The fourth-order valence-electron chi connectivity index (χ4n) is 3.49. The highest BCUT2D eigenvalue weighted by molar-refractivity contribution is 5.88. The lowest BCUT2D eigenvalue weighted by molar-refractivity contribution is -0.140. The second-order valence-corrected chi connectivity index (χ2v) is 7.33. The van der Waals surface area contributed by atoms with Crippen molar-refractivity contribution in [2.45, 2.75) is 25.9 Å². The van der Waals surface area contributed by atoms with E-state index in [0.29, 0.717) is 13.1 Å². The van der Waals surface area contributed by atoms with Gasteiger partial charge in [-0.3, -0.25) is 9.59 Å². The van der Waals surface area contributed by atoms with Crippen LogP contribution in [0.15, 0.2) is 84.9 Å². The summed E-state index contributed by atoms with van der Waals surface area (Å²) in [7, 11) is 1.61. The summed E-state index contributed by atoms with van der Waals surface area (Å²) in [4.78, 5) is 27.5. The van der Waals surface area contributed by atoms with Gasteiger partial charge in [0.25, 0.3) is 0 Å². The van der Waals surface area contributed by atoms with Gasteiger partial charge in [0.15, 0.2) is 0 Å². The highest BCUT2D eigenvalue weighted by Gasteiger charge is 2.29. The van der Waals surface area contributed by atoms with Crippen molar-refractivity contribution in [2.75, 3.05) is 13.7 Å². The fraction of sp³-hybridized carbons (Fsp3) is 0.231. The largest absolute Gasteiger partial charge is 0.497 e. The lowest BCUT2D eigenvalue weighted by Crippen LogP contribution is -2.43. The van der Waals surface area contributed by atoms with Gasteiger partial charge in [-0.05, 0) is 35.2 Å². The van der Waals surface area contributed by atoms with Crippen LogP contribution in [-0.4, -0.2) is 30.4 Å². The minimum atomic E-state index is -0.712. The molecule has 1 unspecified atom stereocenters. The molecule has 5 heteroatoms. The van der Waals surface area contributed by atoms with E-state index >= 15 is 0 Å². The molecule has 0 bridgehead atoms. The minimum Gasteiger partial charge on any atom is -0.497 e. The van der Waals surface area contributed by atoms with Gasteiger partial charge in [0.2, 0.25) is 11.8 Å². The Hall–Kier alpha value is -3.60. The Bertz CT molecular complexity index is 973. The highest BCUT2D eigenvalue weighted by Crippen LogP contribution is 2.24. The van der Waals surface area contributed by atoms with Gasteiger partial charge < -0.3 is 15.0 Å². The van der Waals surface area contributed by atoms with Crippen LogP contribution in [-0.2, 0) is 22.6 Å². The number of nitrogens with one attached hydrogen (secondary N) is 1. The van der Waals surface area contributed by atoms with Crippen LogP contribution in [0, 0.1) is 0 Å². The van der Waals surface area contributed by atoms with E-state index in [1.807, 2.05) is 84.9 Å². The summed E-state index contributed by atoms with van der Waals surface area (Å²) in [5.74, 6) is 0.394. The van der Waals surface area contributed by atoms with Crippen molar-refractivity contribution in [1.82, 2.24) is 10.2 Å². The Morgan fingerprint density at radius 1 is 0.871 bits per heavy atom. The molecule has 2 amide bonds. The van der Waals surface area contributed by atoms with Crippen molar-refractivity contribution in [3.8, 4) is 5.75 Å². The summed E-state index contributed by atoms with van der Waals surface area (Å²) in [6.45, 7) is 2.32. The molecule has 3 aromatic rings. The highest BCUT2D eigenvalue weighted by atomic mass is 16.5. The molecule has 0 aromatic heterocycles. The van der Waals surface area contributed by atoms with Crippen LogP contribution in [0.3, 0.4) is 0 Å². The van der Waals surface area contributed by atoms with E-state index in [9.17, 15) is 9.59 Å². The van der Waals surface area contributed by atoms with Crippen LogP contribution < -0.4 is 10.1 Å². The van der Waals surface area contributed by atoms with Gasteiger partial charge in [0, 0.05) is 20.0 Å². The third kappa shape index (κ3) is 6.19. The zero-order valence-electron chi connectivity index (χ0n) is 18.0. The molecule has 3 rings (SSSR count). The third-order valence-corrected chi connectivity index (χ3v) is 5.15. The molecular weight excluding hydrogens is 388 g/mol. The van der Waals surface area contributed by atoms with Crippen LogP contribution in [0.25, 0.3) is 0 Å². The van der Waals surface area contributed by atoms with E-state index in [0.717, 1.165) is 28.9 Å². The molecule has 0 radical (unpaired) electrons. The zero-order valence-corrected chi connectivity index (χ0v) is 18.0. The van der Waals surface area contributed by atoms with Crippen molar-refractivity contribution < 1.29 is 14.3 Å². The topological polar surface area (TPSA) is 58.6 Å². The number of hydrogen-bond donors (Lipinski definition) is 1. The quantitative estimate of drug-likeness (QED) is 0.570. The first-order valence-corrected chi connectivity index (χ1v) is 10.3. The maximum absolute atomic E-state index is 13.2. The minimum absolute atomic E-state index is 0.164. The molecular formula is C26H28N2O3. The zero-order chi connectivity index (χ0) is 22.1. The molecule has 5 nitrogen and oxygen atoms in total. The lowest BCUT2D eigenvalue weighted by atomic mass is 10.0. The van der Waals surface area contributed by atoms with Crippen LogP contribution in [0.2, 0.25) is 0 Å². The number of amides is 2. The molecule has 3 aromatic carbocycles. The summed E-state index contributed by atoms with van der Waals surface area (Å²) >= 11 is 0. The number of carbonyl (C=O) groups excluding carboxylic acids is 2. The second kappa shape index (κ2) is 11.0. The van der Waals surface area contributed by atoms with Gasteiger partial charge in [-0.2, -0.15) is 0 Å². The average molecular weight is 417 g/mol. The molecule has 160 valence electrons. The maximum atomic E-state index is 13.2. The Morgan fingerprint density at radius 3 is 2.06 bits per heavy atom. The fourth-order valence-corrected chi connectivity index (χ4v) is 3.49. The number of hydrogen-bond acceptors (Lipinski definition) is 3. The van der Waals surface area contributed by atoms with Crippen molar-refractivity contribution in [3.63, 3.8) is 0 Å². The Labute approximate surface area is 183 Å². The lowest BCUT2D eigenvalue weighted by Gasteiger charge is -2.30. The number of carbonyl (C=O) groups is 2. The van der Waals surface area contributed by atoms with E-state index in [1.54, 1.807) is 12.0 Å². The average Bonchev–Trinajstić information content (AvgIpc) is 2.80. The van der Waals surface area contributed by atoms with Crippen molar-refractivity contribution in [3.05, 3.63) is 102 Å². The molecule has 0 saturated carbocycles. The summed E-state index contributed by atoms with van der Waals surface area (Å²) in [5, 5.41) is 3.02. The van der Waals surface area contributed by atoms with Crippen molar-refractivity contribution >= 4 is 11.8 Å². The molecule has 0 aliphatic rings. The molecule has 0 saturated heterocycles. The SMILES string of the molecule is COc1ccc(CN(C(C)=O)C(C(=O)NCCc2ccccc2)c2ccccc2)cc1. The van der Waals surface area contributed by atoms with Crippen LogP contribution >= 0.6 is 0 Å².